The van der Waals surface area contributed by atoms with Gasteiger partial charge in [0.2, 0.25) is 23.7 Å². The van der Waals surface area contributed by atoms with Gasteiger partial charge in [-0.2, -0.15) is 20.4 Å². The van der Waals surface area contributed by atoms with Crippen LogP contribution in [-0.4, -0.2) is 86.4 Å². The third kappa shape index (κ3) is 14.4. The van der Waals surface area contributed by atoms with Crippen molar-refractivity contribution in [3.63, 3.8) is 0 Å². The molecule has 13 N–H and O–H groups in total. The summed E-state index contributed by atoms with van der Waals surface area (Å²) >= 11 is 0. The van der Waals surface area contributed by atoms with Crippen LogP contribution in [0.2, 0.25) is 0 Å². The molecule has 0 heterocycles. The number of nitrogens with two attached hydrogens (primary N) is 5. The average Bonchev–Trinajstić information content (AvgIpc) is 3.06. The number of rotatable bonds is 17. The summed E-state index contributed by atoms with van der Waals surface area (Å²) in [4.78, 5) is 25.3. The molecule has 0 fully saturated rings. The zero-order valence-corrected chi connectivity index (χ0v) is 28.0. The van der Waals surface area contributed by atoms with Gasteiger partial charge in [0.15, 0.2) is 0 Å². The molecule has 0 aliphatic carbocycles. The molecule has 2 aromatic rings. The number of anilines is 2. The highest BCUT2D eigenvalue weighted by molar-refractivity contribution is 6.07. The van der Waals surface area contributed by atoms with Gasteiger partial charge >= 0.3 is 0 Å². The summed E-state index contributed by atoms with van der Waals surface area (Å²) in [7, 11) is 1.69. The Hall–Kier alpha value is -6.21. The first-order valence-electron chi connectivity index (χ1n) is 14.6. The smallest absolute Gasteiger partial charge is 0.250 e. The molecule has 2 aromatic carbocycles. The van der Waals surface area contributed by atoms with Gasteiger partial charge in [-0.3, -0.25) is 9.59 Å². The van der Waals surface area contributed by atoms with Gasteiger partial charge in [0, 0.05) is 40.7 Å². The number of nitrogens with one attached hydrogen (secondary N) is 3. The van der Waals surface area contributed by atoms with E-state index >= 15 is 0 Å². The lowest BCUT2D eigenvalue weighted by molar-refractivity contribution is -0.124. The summed E-state index contributed by atoms with van der Waals surface area (Å²) in [6, 6.07) is 10.5. The summed E-state index contributed by atoms with van der Waals surface area (Å²) in [6.45, 7) is 6.54. The standard InChI is InChI=1S/C30H43N15O4/c1-17(40-36-5)21-8-22(18(2)41-37-16-31)11-25(10-21)38-27(46)14-48-6-7-49-15-28(47)39-26-12-23(19(3)42-44-29(32)33)9-24(13-26)20(4)43-45-30(34)35/h8-13,16,36H,6-7,14-15H2,1-5H3,(H2,31,37)(H,38,46)(H,39,47)(H4,32,33,44)(H4,34,35,45)/b40-17+,41-18+,42-19+,43-20+. The first-order chi connectivity index (χ1) is 23.3. The SMILES string of the molecule is CN/N=C(\C)c1cc(NC(=O)COCCOCC(=O)Nc2cc(/C(C)=N/N=C(N)N)cc(/C(C)=N/N=C(N)N)c2)cc(/C(C)=N/N=C\N)c1. The first-order valence-corrected chi connectivity index (χ1v) is 14.6. The fourth-order valence-corrected chi connectivity index (χ4v) is 3.87. The highest BCUT2D eigenvalue weighted by Crippen LogP contribution is 2.19. The van der Waals surface area contributed by atoms with Gasteiger partial charge in [0.05, 0.1) is 36.1 Å². The van der Waals surface area contributed by atoms with Crippen LogP contribution in [0.4, 0.5) is 11.4 Å². The number of hydrazone groups is 1. The molecule has 0 spiro atoms. The van der Waals surface area contributed by atoms with Crippen LogP contribution < -0.4 is 44.7 Å². The molecule has 0 saturated carbocycles. The average molecular weight is 678 g/mol. The zero-order valence-electron chi connectivity index (χ0n) is 28.0. The third-order valence-corrected chi connectivity index (χ3v) is 6.13. The summed E-state index contributed by atoms with van der Waals surface area (Å²) in [5.41, 5.74) is 35.3. The molecule has 0 aromatic heterocycles. The fourth-order valence-electron chi connectivity index (χ4n) is 3.87. The van der Waals surface area contributed by atoms with Gasteiger partial charge < -0.3 is 54.2 Å². The van der Waals surface area contributed by atoms with Crippen molar-refractivity contribution >= 4 is 64.3 Å². The normalized spacial score (nSPS) is 12.4. The minimum absolute atomic E-state index is 0.0528. The maximum Gasteiger partial charge on any atom is 0.250 e. The summed E-state index contributed by atoms with van der Waals surface area (Å²) in [5.74, 6) is -1.26. The van der Waals surface area contributed by atoms with Crippen LogP contribution in [0.5, 0.6) is 0 Å². The van der Waals surface area contributed by atoms with Gasteiger partial charge in [-0.15, -0.1) is 15.3 Å². The fraction of sp³-hybridized carbons (Fsp3) is 0.300. The minimum atomic E-state index is -0.442. The van der Waals surface area contributed by atoms with Crippen molar-refractivity contribution in [3.8, 4) is 0 Å². The molecule has 49 heavy (non-hydrogen) atoms. The molecular formula is C30H43N15O4. The van der Waals surface area contributed by atoms with E-state index in [0.717, 1.165) is 11.9 Å². The minimum Gasteiger partial charge on any atom is -0.388 e. The van der Waals surface area contributed by atoms with Crippen LogP contribution >= 0.6 is 0 Å². The molecule has 19 heteroatoms. The van der Waals surface area contributed by atoms with Crippen LogP contribution in [0.1, 0.15) is 49.9 Å². The molecule has 0 aliphatic rings. The van der Waals surface area contributed by atoms with E-state index in [0.29, 0.717) is 50.9 Å². The number of hydrogen-bond acceptors (Lipinski definition) is 12. The van der Waals surface area contributed by atoms with Gasteiger partial charge in [-0.25, -0.2) is 0 Å². The Kier molecular flexibility index (Phi) is 16.0. The van der Waals surface area contributed by atoms with Crippen molar-refractivity contribution in [1.82, 2.24) is 5.43 Å². The summed E-state index contributed by atoms with van der Waals surface area (Å²) < 4.78 is 10.9. The second kappa shape index (κ2) is 20.1. The molecule has 262 valence electrons. The molecule has 0 radical (unpaired) electrons. The van der Waals surface area contributed by atoms with Gasteiger partial charge in [0.25, 0.3) is 0 Å². The third-order valence-electron chi connectivity index (χ3n) is 6.13. The highest BCUT2D eigenvalue weighted by atomic mass is 16.5. The van der Waals surface area contributed by atoms with E-state index in [1.807, 2.05) is 13.0 Å². The van der Waals surface area contributed by atoms with Crippen molar-refractivity contribution < 1.29 is 19.1 Å². The largest absolute Gasteiger partial charge is 0.388 e. The predicted molar refractivity (Wildman–Crippen MR) is 194 cm³/mol. The van der Waals surface area contributed by atoms with Gasteiger partial charge in [-0.1, -0.05) is 0 Å². The molecule has 0 unspecified atom stereocenters. The van der Waals surface area contributed by atoms with Crippen LogP contribution in [0.25, 0.3) is 0 Å². The van der Waals surface area contributed by atoms with Crippen LogP contribution in [0, 0.1) is 0 Å². The topological polar surface area (TPSA) is 305 Å². The molecule has 2 amide bonds. The van der Waals surface area contributed by atoms with E-state index in [2.05, 4.69) is 51.8 Å². The molecule has 0 aliphatic heterocycles. The van der Waals surface area contributed by atoms with E-state index < -0.39 is 11.8 Å². The maximum atomic E-state index is 12.7. The first kappa shape index (κ1) is 39.0. The van der Waals surface area contributed by atoms with E-state index in [9.17, 15) is 9.59 Å². The number of ether oxygens (including phenoxy) is 2. The van der Waals surface area contributed by atoms with Crippen molar-refractivity contribution in [2.24, 2.45) is 64.4 Å². The number of nitrogens with zero attached hydrogens (tertiary/aromatic N) is 7. The number of guanidine groups is 2. The van der Waals surface area contributed by atoms with Crippen molar-refractivity contribution in [3.05, 3.63) is 58.7 Å². The second-order valence-electron chi connectivity index (χ2n) is 10.1. The second-order valence-corrected chi connectivity index (χ2v) is 10.1. The van der Waals surface area contributed by atoms with Crippen LogP contribution in [-0.2, 0) is 19.1 Å². The van der Waals surface area contributed by atoms with Crippen LogP contribution in [0.15, 0.2) is 72.1 Å². The summed E-state index contributed by atoms with van der Waals surface area (Å²) in [6.07, 6.45) is 1.08. The highest BCUT2D eigenvalue weighted by Gasteiger charge is 2.12. The van der Waals surface area contributed by atoms with Crippen molar-refractivity contribution in [1.29, 1.82) is 0 Å². The lowest BCUT2D eigenvalue weighted by atomic mass is 10.0. The molecule has 0 bridgehead atoms. The van der Waals surface area contributed by atoms with E-state index in [1.165, 1.54) is 0 Å². The Morgan fingerprint density at radius 1 is 0.633 bits per heavy atom. The lowest BCUT2D eigenvalue weighted by Crippen LogP contribution is -2.22. The lowest BCUT2D eigenvalue weighted by Gasteiger charge is -2.12. The Morgan fingerprint density at radius 3 is 1.39 bits per heavy atom. The molecular weight excluding hydrogens is 634 g/mol. The number of carbonyl (C=O) groups excluding carboxylic acids is 2. The van der Waals surface area contributed by atoms with E-state index in [1.54, 1.807) is 58.2 Å². The molecule has 19 nitrogen and oxygen atoms in total. The summed E-state index contributed by atoms with van der Waals surface area (Å²) in [5, 5.41) is 32.8. The molecule has 0 saturated heterocycles. The predicted octanol–water partition coefficient (Wildman–Crippen LogP) is -0.0538. The number of hydrogen-bond donors (Lipinski definition) is 8. The maximum absolute atomic E-state index is 12.7. The number of amides is 2. The van der Waals surface area contributed by atoms with E-state index in [-0.39, 0.29) is 38.3 Å². The van der Waals surface area contributed by atoms with E-state index in [4.69, 9.17) is 38.1 Å². The van der Waals surface area contributed by atoms with Crippen molar-refractivity contribution in [2.75, 3.05) is 44.1 Å². The molecule has 2 rings (SSSR count). The van der Waals surface area contributed by atoms with Gasteiger partial charge in [0.1, 0.15) is 19.6 Å². The number of carbonyl (C=O) groups is 2. The van der Waals surface area contributed by atoms with Crippen LogP contribution in [0.3, 0.4) is 0 Å². The van der Waals surface area contributed by atoms with Gasteiger partial charge in [-0.05, 0) is 64.1 Å². The number of benzene rings is 2. The molecule has 0 atom stereocenters. The quantitative estimate of drug-likeness (QED) is 0.0477. The monoisotopic (exact) mass is 677 g/mol. The van der Waals surface area contributed by atoms with Crippen molar-refractivity contribution in [2.45, 2.75) is 27.7 Å². The Morgan fingerprint density at radius 2 is 1.02 bits per heavy atom. The Balaban J connectivity index is 1.98. The Labute approximate surface area is 283 Å². The Bertz CT molecular complexity index is 1630. The zero-order chi connectivity index (χ0) is 36.3.